The normalized spacial score (nSPS) is 9.95. The lowest BCUT2D eigenvalue weighted by atomic mass is 10.2. The van der Waals surface area contributed by atoms with Crippen LogP contribution in [0.15, 0.2) is 46.9 Å². The van der Waals surface area contributed by atoms with Gasteiger partial charge >= 0.3 is 0 Å². The van der Waals surface area contributed by atoms with E-state index in [9.17, 15) is 4.39 Å². The standard InChI is InChI=1S/C15H11BrFNO/c16-14-9-12(3-6-15(14)17)10-19-13-4-1-11(2-5-13)7-8-18/h1-6,9H,7,10H2. The highest BCUT2D eigenvalue weighted by Gasteiger charge is 2.01. The van der Waals surface area contributed by atoms with E-state index in [0.717, 1.165) is 16.9 Å². The molecule has 0 heterocycles. The molecule has 4 heteroatoms. The van der Waals surface area contributed by atoms with E-state index in [1.807, 2.05) is 24.3 Å². The molecule has 0 unspecified atom stereocenters. The summed E-state index contributed by atoms with van der Waals surface area (Å²) >= 11 is 3.14. The Morgan fingerprint density at radius 1 is 1.11 bits per heavy atom. The largest absolute Gasteiger partial charge is 0.489 e. The fourth-order valence-electron chi connectivity index (χ4n) is 1.59. The van der Waals surface area contributed by atoms with Gasteiger partial charge in [0.05, 0.1) is 17.0 Å². The Morgan fingerprint density at radius 3 is 2.42 bits per heavy atom. The van der Waals surface area contributed by atoms with Crippen LogP contribution >= 0.6 is 15.9 Å². The Labute approximate surface area is 119 Å². The van der Waals surface area contributed by atoms with E-state index in [1.54, 1.807) is 12.1 Å². The van der Waals surface area contributed by atoms with Crippen molar-refractivity contribution in [2.45, 2.75) is 13.0 Å². The molecule has 0 N–H and O–H groups in total. The average Bonchev–Trinajstić information content (AvgIpc) is 2.42. The van der Waals surface area contributed by atoms with Crippen LogP contribution in [-0.2, 0) is 13.0 Å². The van der Waals surface area contributed by atoms with Gasteiger partial charge in [-0.25, -0.2) is 4.39 Å². The van der Waals surface area contributed by atoms with E-state index >= 15 is 0 Å². The Morgan fingerprint density at radius 2 is 1.79 bits per heavy atom. The highest BCUT2D eigenvalue weighted by atomic mass is 79.9. The number of nitrogens with zero attached hydrogens (tertiary/aromatic N) is 1. The van der Waals surface area contributed by atoms with Gasteiger partial charge in [0.1, 0.15) is 18.2 Å². The van der Waals surface area contributed by atoms with Gasteiger partial charge < -0.3 is 4.74 Å². The van der Waals surface area contributed by atoms with E-state index in [-0.39, 0.29) is 5.82 Å². The maximum Gasteiger partial charge on any atom is 0.137 e. The number of hydrogen-bond donors (Lipinski definition) is 0. The molecular formula is C15H11BrFNO. The maximum atomic E-state index is 13.1. The number of ether oxygens (including phenoxy) is 1. The summed E-state index contributed by atoms with van der Waals surface area (Å²) in [7, 11) is 0. The topological polar surface area (TPSA) is 33.0 Å². The van der Waals surface area contributed by atoms with E-state index in [2.05, 4.69) is 22.0 Å². The van der Waals surface area contributed by atoms with Gasteiger partial charge in [0, 0.05) is 0 Å². The number of hydrogen-bond acceptors (Lipinski definition) is 2. The van der Waals surface area contributed by atoms with Gasteiger partial charge in [-0.05, 0) is 51.3 Å². The summed E-state index contributed by atoms with van der Waals surface area (Å²) in [6.45, 7) is 0.372. The van der Waals surface area contributed by atoms with E-state index in [4.69, 9.17) is 10.00 Å². The van der Waals surface area contributed by atoms with Crippen LogP contribution in [0.1, 0.15) is 11.1 Å². The summed E-state index contributed by atoms with van der Waals surface area (Å²) in [5.41, 5.74) is 1.84. The molecule has 0 aliphatic heterocycles. The first-order valence-corrected chi connectivity index (χ1v) is 6.51. The van der Waals surface area contributed by atoms with Crippen molar-refractivity contribution in [3.63, 3.8) is 0 Å². The first-order valence-electron chi connectivity index (χ1n) is 5.71. The molecule has 0 amide bonds. The molecule has 96 valence electrons. The first-order chi connectivity index (χ1) is 9.19. The van der Waals surface area contributed by atoms with Gasteiger partial charge in [-0.3, -0.25) is 0 Å². The molecule has 0 aliphatic carbocycles. The predicted octanol–water partition coefficient (Wildman–Crippen LogP) is 4.23. The van der Waals surface area contributed by atoms with Gasteiger partial charge in [0.2, 0.25) is 0 Å². The third-order valence-corrected chi connectivity index (χ3v) is 3.20. The van der Waals surface area contributed by atoms with Crippen molar-refractivity contribution in [3.8, 4) is 11.8 Å². The SMILES string of the molecule is N#CCc1ccc(OCc2ccc(F)c(Br)c2)cc1. The number of benzene rings is 2. The lowest BCUT2D eigenvalue weighted by Gasteiger charge is -2.07. The number of halogens is 2. The van der Waals surface area contributed by atoms with Crippen LogP contribution in [-0.4, -0.2) is 0 Å². The zero-order chi connectivity index (χ0) is 13.7. The zero-order valence-corrected chi connectivity index (χ0v) is 11.7. The second-order valence-electron chi connectivity index (χ2n) is 4.02. The molecule has 2 nitrogen and oxygen atoms in total. The van der Waals surface area contributed by atoms with Gasteiger partial charge in [0.15, 0.2) is 0 Å². The van der Waals surface area contributed by atoms with Crippen LogP contribution in [0.3, 0.4) is 0 Å². The second-order valence-corrected chi connectivity index (χ2v) is 4.87. The first kappa shape index (κ1) is 13.6. The quantitative estimate of drug-likeness (QED) is 0.844. The third kappa shape index (κ3) is 3.80. The molecule has 2 aromatic rings. The summed E-state index contributed by atoms with van der Waals surface area (Å²) in [4.78, 5) is 0. The fraction of sp³-hybridized carbons (Fsp3) is 0.133. The van der Waals surface area contributed by atoms with E-state index in [0.29, 0.717) is 17.5 Å². The minimum absolute atomic E-state index is 0.287. The fourth-order valence-corrected chi connectivity index (χ4v) is 2.02. The molecule has 2 rings (SSSR count). The van der Waals surface area contributed by atoms with Crippen LogP contribution < -0.4 is 4.74 Å². The van der Waals surface area contributed by atoms with Crippen molar-refractivity contribution < 1.29 is 9.13 Å². The smallest absolute Gasteiger partial charge is 0.137 e. The molecule has 2 aromatic carbocycles. The van der Waals surface area contributed by atoms with Crippen LogP contribution in [0.25, 0.3) is 0 Å². The van der Waals surface area contributed by atoms with Gasteiger partial charge in [0.25, 0.3) is 0 Å². The lowest BCUT2D eigenvalue weighted by Crippen LogP contribution is -1.96. The molecule has 0 radical (unpaired) electrons. The maximum absolute atomic E-state index is 13.1. The zero-order valence-electron chi connectivity index (χ0n) is 10.1. The van der Waals surface area contributed by atoms with Crippen molar-refractivity contribution in [1.29, 1.82) is 5.26 Å². The average molecular weight is 320 g/mol. The Kier molecular flexibility index (Phi) is 4.53. The lowest BCUT2D eigenvalue weighted by molar-refractivity contribution is 0.306. The summed E-state index contributed by atoms with van der Waals surface area (Å²) in [5, 5.41) is 8.57. The molecule has 0 atom stereocenters. The highest BCUT2D eigenvalue weighted by Crippen LogP contribution is 2.19. The van der Waals surface area contributed by atoms with Crippen molar-refractivity contribution in [1.82, 2.24) is 0 Å². The summed E-state index contributed by atoms with van der Waals surface area (Å²) in [5.74, 6) is 0.437. The molecular weight excluding hydrogens is 309 g/mol. The van der Waals surface area contributed by atoms with Crippen molar-refractivity contribution >= 4 is 15.9 Å². The van der Waals surface area contributed by atoms with Gasteiger partial charge in [-0.15, -0.1) is 0 Å². The number of rotatable bonds is 4. The van der Waals surface area contributed by atoms with Crippen molar-refractivity contribution in [2.75, 3.05) is 0 Å². The Bertz CT molecular complexity index is 605. The number of nitriles is 1. The summed E-state index contributed by atoms with van der Waals surface area (Å²) < 4.78 is 19.1. The van der Waals surface area contributed by atoms with Gasteiger partial charge in [-0.1, -0.05) is 18.2 Å². The summed E-state index contributed by atoms with van der Waals surface area (Å²) in [6.07, 6.45) is 0.394. The molecule has 0 aromatic heterocycles. The molecule has 0 spiro atoms. The van der Waals surface area contributed by atoms with E-state index < -0.39 is 0 Å². The predicted molar refractivity (Wildman–Crippen MR) is 74.2 cm³/mol. The van der Waals surface area contributed by atoms with E-state index in [1.165, 1.54) is 6.07 Å². The summed E-state index contributed by atoms with van der Waals surface area (Å²) in [6, 6.07) is 14.2. The second kappa shape index (κ2) is 6.35. The molecule has 0 aliphatic rings. The highest BCUT2D eigenvalue weighted by molar-refractivity contribution is 9.10. The van der Waals surface area contributed by atoms with Crippen molar-refractivity contribution in [2.24, 2.45) is 0 Å². The molecule has 19 heavy (non-hydrogen) atoms. The Balaban J connectivity index is 1.98. The minimum atomic E-state index is -0.287. The monoisotopic (exact) mass is 319 g/mol. The Hall–Kier alpha value is -1.86. The van der Waals surface area contributed by atoms with Crippen LogP contribution in [0.2, 0.25) is 0 Å². The molecule has 0 fully saturated rings. The third-order valence-electron chi connectivity index (χ3n) is 2.60. The van der Waals surface area contributed by atoms with Crippen molar-refractivity contribution in [3.05, 3.63) is 63.9 Å². The molecule has 0 saturated heterocycles. The molecule has 0 saturated carbocycles. The molecule has 0 bridgehead atoms. The van der Waals surface area contributed by atoms with Gasteiger partial charge in [-0.2, -0.15) is 5.26 Å². The van der Waals surface area contributed by atoms with Crippen LogP contribution in [0.4, 0.5) is 4.39 Å². The van der Waals surface area contributed by atoms with Crippen LogP contribution in [0.5, 0.6) is 5.75 Å². The minimum Gasteiger partial charge on any atom is -0.489 e. The van der Waals surface area contributed by atoms with Crippen LogP contribution in [0, 0.1) is 17.1 Å².